The summed E-state index contributed by atoms with van der Waals surface area (Å²) < 4.78 is 20.7. The molecule has 0 aliphatic carbocycles. The molecule has 0 aliphatic heterocycles. The third-order valence-electron chi connectivity index (χ3n) is 3.00. The SMILES string of the molecule is COC(=O)c1nc(-c2nc(CNC(=O)OC(C)(C)C)oc2C)oc1C. The zero-order chi connectivity index (χ0) is 18.8. The molecule has 2 aromatic heterocycles. The molecule has 2 rings (SSSR count). The third-order valence-corrected chi connectivity index (χ3v) is 3.00. The van der Waals surface area contributed by atoms with E-state index in [9.17, 15) is 9.59 Å². The molecule has 9 heteroatoms. The lowest BCUT2D eigenvalue weighted by Gasteiger charge is -2.19. The summed E-state index contributed by atoms with van der Waals surface area (Å²) in [5.41, 5.74) is -0.172. The maximum Gasteiger partial charge on any atom is 0.408 e. The van der Waals surface area contributed by atoms with Gasteiger partial charge in [0.1, 0.15) is 17.1 Å². The number of nitrogens with one attached hydrogen (secondary N) is 1. The Morgan fingerprint density at radius 3 is 2.40 bits per heavy atom. The van der Waals surface area contributed by atoms with Gasteiger partial charge in [0.2, 0.25) is 11.8 Å². The second-order valence-corrected chi connectivity index (χ2v) is 6.28. The summed E-state index contributed by atoms with van der Waals surface area (Å²) in [5, 5.41) is 2.55. The Morgan fingerprint density at radius 2 is 1.80 bits per heavy atom. The van der Waals surface area contributed by atoms with E-state index in [4.69, 9.17) is 13.6 Å². The van der Waals surface area contributed by atoms with Gasteiger partial charge < -0.3 is 23.6 Å². The van der Waals surface area contributed by atoms with E-state index >= 15 is 0 Å². The van der Waals surface area contributed by atoms with Crippen molar-refractivity contribution in [3.8, 4) is 11.6 Å². The lowest BCUT2D eigenvalue weighted by Crippen LogP contribution is -2.32. The van der Waals surface area contributed by atoms with Gasteiger partial charge in [-0.1, -0.05) is 0 Å². The van der Waals surface area contributed by atoms with Crippen LogP contribution in [0.25, 0.3) is 11.6 Å². The van der Waals surface area contributed by atoms with Crippen molar-refractivity contribution >= 4 is 12.1 Å². The zero-order valence-corrected chi connectivity index (χ0v) is 15.1. The van der Waals surface area contributed by atoms with Crippen LogP contribution in [0.3, 0.4) is 0 Å². The van der Waals surface area contributed by atoms with Crippen LogP contribution in [0, 0.1) is 13.8 Å². The van der Waals surface area contributed by atoms with Gasteiger partial charge >= 0.3 is 12.1 Å². The fraction of sp³-hybridized carbons (Fsp3) is 0.500. The molecule has 2 heterocycles. The monoisotopic (exact) mass is 351 g/mol. The van der Waals surface area contributed by atoms with Crippen LogP contribution in [-0.2, 0) is 16.0 Å². The van der Waals surface area contributed by atoms with Crippen molar-refractivity contribution in [3.05, 3.63) is 23.1 Å². The second kappa shape index (κ2) is 6.96. The van der Waals surface area contributed by atoms with Crippen molar-refractivity contribution in [2.24, 2.45) is 0 Å². The first-order valence-corrected chi connectivity index (χ1v) is 7.60. The summed E-state index contributed by atoms with van der Waals surface area (Å²) in [6.45, 7) is 8.62. The van der Waals surface area contributed by atoms with Crippen LogP contribution in [0.5, 0.6) is 0 Å². The van der Waals surface area contributed by atoms with Crippen LogP contribution in [0.1, 0.15) is 48.7 Å². The summed E-state index contributed by atoms with van der Waals surface area (Å²) in [7, 11) is 1.26. The predicted molar refractivity (Wildman–Crippen MR) is 85.9 cm³/mol. The molecule has 0 unspecified atom stereocenters. The van der Waals surface area contributed by atoms with Crippen LogP contribution in [0.4, 0.5) is 4.79 Å². The number of oxazole rings is 2. The van der Waals surface area contributed by atoms with E-state index in [1.165, 1.54) is 7.11 Å². The highest BCUT2D eigenvalue weighted by molar-refractivity contribution is 5.88. The van der Waals surface area contributed by atoms with Crippen LogP contribution in [0.15, 0.2) is 8.83 Å². The van der Waals surface area contributed by atoms with Crippen molar-refractivity contribution < 1.29 is 27.9 Å². The number of carbonyl (C=O) groups excluding carboxylic acids is 2. The summed E-state index contributed by atoms with van der Waals surface area (Å²) in [6, 6.07) is 0. The Kier molecular flexibility index (Phi) is 5.15. The minimum Gasteiger partial charge on any atom is -0.464 e. The normalized spacial score (nSPS) is 11.3. The Bertz CT molecular complexity index is 784. The molecular weight excluding hydrogens is 330 g/mol. The third kappa shape index (κ3) is 4.59. The van der Waals surface area contributed by atoms with Crippen LogP contribution < -0.4 is 5.32 Å². The molecule has 0 spiro atoms. The molecule has 1 amide bonds. The van der Waals surface area contributed by atoms with Crippen molar-refractivity contribution in [2.45, 2.75) is 46.8 Å². The first kappa shape index (κ1) is 18.5. The number of carbonyl (C=O) groups is 2. The number of hydrogen-bond acceptors (Lipinski definition) is 8. The lowest BCUT2D eigenvalue weighted by atomic mass is 10.2. The molecule has 136 valence electrons. The largest absolute Gasteiger partial charge is 0.464 e. The topological polar surface area (TPSA) is 117 Å². The van der Waals surface area contributed by atoms with E-state index in [0.717, 1.165) is 0 Å². The summed E-state index contributed by atoms with van der Waals surface area (Å²) in [6.07, 6.45) is -0.579. The fourth-order valence-electron chi connectivity index (χ4n) is 1.97. The molecule has 0 aliphatic rings. The van der Waals surface area contributed by atoms with Crippen LogP contribution in [-0.4, -0.2) is 34.7 Å². The van der Waals surface area contributed by atoms with Gasteiger partial charge in [-0.25, -0.2) is 19.6 Å². The number of methoxy groups -OCH3 is 1. The lowest BCUT2D eigenvalue weighted by molar-refractivity contribution is 0.0517. The number of aromatic nitrogens is 2. The Balaban J connectivity index is 2.13. The van der Waals surface area contributed by atoms with Crippen LogP contribution >= 0.6 is 0 Å². The predicted octanol–water partition coefficient (Wildman–Crippen LogP) is 2.76. The van der Waals surface area contributed by atoms with Crippen molar-refractivity contribution in [1.82, 2.24) is 15.3 Å². The van der Waals surface area contributed by atoms with Gasteiger partial charge in [0.25, 0.3) is 0 Å². The van der Waals surface area contributed by atoms with Gasteiger partial charge in [-0.3, -0.25) is 0 Å². The van der Waals surface area contributed by atoms with Crippen molar-refractivity contribution in [3.63, 3.8) is 0 Å². The van der Waals surface area contributed by atoms with Gasteiger partial charge in [0.15, 0.2) is 11.4 Å². The van der Waals surface area contributed by atoms with Gasteiger partial charge in [0.05, 0.1) is 13.7 Å². The van der Waals surface area contributed by atoms with Gasteiger partial charge in [-0.2, -0.15) is 0 Å². The molecule has 0 aromatic carbocycles. The molecule has 0 radical (unpaired) electrons. The fourth-order valence-corrected chi connectivity index (χ4v) is 1.97. The van der Waals surface area contributed by atoms with Gasteiger partial charge in [0, 0.05) is 0 Å². The molecule has 0 atom stereocenters. The highest BCUT2D eigenvalue weighted by Crippen LogP contribution is 2.25. The smallest absolute Gasteiger partial charge is 0.408 e. The first-order valence-electron chi connectivity index (χ1n) is 7.60. The van der Waals surface area contributed by atoms with E-state index < -0.39 is 17.7 Å². The average molecular weight is 351 g/mol. The first-order chi connectivity index (χ1) is 11.6. The molecule has 25 heavy (non-hydrogen) atoms. The van der Waals surface area contributed by atoms with E-state index in [1.54, 1.807) is 34.6 Å². The maximum atomic E-state index is 11.7. The highest BCUT2D eigenvalue weighted by Gasteiger charge is 2.23. The zero-order valence-electron chi connectivity index (χ0n) is 15.1. The van der Waals surface area contributed by atoms with E-state index in [1.807, 2.05) is 0 Å². The molecule has 0 bridgehead atoms. The summed E-state index contributed by atoms with van der Waals surface area (Å²) in [5.74, 6) is 0.563. The summed E-state index contributed by atoms with van der Waals surface area (Å²) in [4.78, 5) is 31.6. The number of esters is 1. The number of amides is 1. The number of aryl methyl sites for hydroxylation is 2. The molecule has 0 fully saturated rings. The molecule has 2 aromatic rings. The van der Waals surface area contributed by atoms with Gasteiger partial charge in [-0.05, 0) is 34.6 Å². The van der Waals surface area contributed by atoms with Crippen LogP contribution in [0.2, 0.25) is 0 Å². The van der Waals surface area contributed by atoms with Gasteiger partial charge in [-0.15, -0.1) is 0 Å². The quantitative estimate of drug-likeness (QED) is 0.836. The van der Waals surface area contributed by atoms with Crippen molar-refractivity contribution in [2.75, 3.05) is 7.11 Å². The minimum absolute atomic E-state index is 0.0410. The number of rotatable bonds is 4. The average Bonchev–Trinajstić information content (AvgIpc) is 3.05. The Hall–Kier alpha value is -2.84. The second-order valence-electron chi connectivity index (χ2n) is 6.28. The number of hydrogen-bond donors (Lipinski definition) is 1. The summed E-state index contributed by atoms with van der Waals surface area (Å²) >= 11 is 0. The van der Waals surface area contributed by atoms with E-state index in [2.05, 4.69) is 20.0 Å². The van der Waals surface area contributed by atoms with Crippen molar-refractivity contribution in [1.29, 1.82) is 0 Å². The minimum atomic E-state index is -0.597. The Labute approximate surface area is 144 Å². The Morgan fingerprint density at radius 1 is 1.12 bits per heavy atom. The molecular formula is C16H21N3O6. The molecule has 0 saturated heterocycles. The number of alkyl carbamates (subject to hydrolysis) is 1. The maximum absolute atomic E-state index is 11.7. The molecule has 0 saturated carbocycles. The molecule has 1 N–H and O–H groups in total. The number of nitrogens with zero attached hydrogens (tertiary/aromatic N) is 2. The van der Waals surface area contributed by atoms with E-state index in [-0.39, 0.29) is 24.0 Å². The highest BCUT2D eigenvalue weighted by atomic mass is 16.6. The standard InChI is InChI=1S/C16H21N3O6/c1-8-11(13-19-12(9(2)24-13)14(20)22-6)18-10(23-8)7-17-15(21)25-16(3,4)5/h7H2,1-6H3,(H,17,21). The number of ether oxygens (including phenoxy) is 2. The molecule has 9 nitrogen and oxygen atoms in total. The van der Waals surface area contributed by atoms with E-state index in [0.29, 0.717) is 17.2 Å².